The minimum atomic E-state index is -4.97. The molecule has 41 heavy (non-hydrogen) atoms. The van der Waals surface area contributed by atoms with E-state index in [1.807, 2.05) is 0 Å². The van der Waals surface area contributed by atoms with E-state index in [1.54, 1.807) is 0 Å². The van der Waals surface area contributed by atoms with Gasteiger partial charge in [-0.25, -0.2) is 9.59 Å². The predicted octanol–water partition coefficient (Wildman–Crippen LogP) is -0.198. The summed E-state index contributed by atoms with van der Waals surface area (Å²) in [6.45, 7) is -0.126. The molecule has 1 aromatic carbocycles. The number of hydrogen-bond acceptors (Lipinski definition) is 12. The minimum absolute atomic E-state index is 0.00162. The molecule has 0 saturated carbocycles. The van der Waals surface area contributed by atoms with Crippen molar-refractivity contribution in [1.82, 2.24) is 10.4 Å². The van der Waals surface area contributed by atoms with E-state index < -0.39 is 83.3 Å². The lowest BCUT2D eigenvalue weighted by molar-refractivity contribution is -0.197. The van der Waals surface area contributed by atoms with E-state index in [4.69, 9.17) is 15.0 Å². The van der Waals surface area contributed by atoms with Gasteiger partial charge in [-0.05, 0) is 37.0 Å². The molecule has 2 aromatic rings. The Morgan fingerprint density at radius 3 is 2.37 bits per heavy atom. The number of rotatable bonds is 10. The molecule has 0 bridgehead atoms. The third kappa shape index (κ3) is 6.24. The van der Waals surface area contributed by atoms with E-state index in [0.29, 0.717) is 5.06 Å². The van der Waals surface area contributed by atoms with Crippen molar-refractivity contribution in [2.24, 2.45) is 0 Å². The van der Waals surface area contributed by atoms with Crippen LogP contribution in [-0.4, -0.2) is 66.5 Å². The van der Waals surface area contributed by atoms with Crippen molar-refractivity contribution in [3.05, 3.63) is 33.7 Å². The molecule has 2 atom stereocenters. The normalized spacial score (nSPS) is 18.0. The summed E-state index contributed by atoms with van der Waals surface area (Å²) in [6.07, 6.45) is -1.18. The van der Waals surface area contributed by atoms with Crippen LogP contribution in [0.15, 0.2) is 26.2 Å². The Hall–Kier alpha value is -3.87. The lowest BCUT2D eigenvalue weighted by atomic mass is 9.92. The maximum Gasteiger partial charge on any atom is 0.339 e. The van der Waals surface area contributed by atoms with Crippen molar-refractivity contribution in [2.75, 3.05) is 12.3 Å². The summed E-state index contributed by atoms with van der Waals surface area (Å²) in [5.41, 5.74) is 3.74. The highest BCUT2D eigenvalue weighted by atomic mass is 32.2. The third-order valence-electron chi connectivity index (χ3n) is 6.83. The zero-order valence-electron chi connectivity index (χ0n) is 21.2. The fourth-order valence-electron chi connectivity index (χ4n) is 5.04. The van der Waals surface area contributed by atoms with E-state index in [2.05, 4.69) is 5.32 Å². The molecule has 2 aliphatic rings. The van der Waals surface area contributed by atoms with E-state index in [9.17, 15) is 49.9 Å². The van der Waals surface area contributed by atoms with E-state index in [-0.39, 0.29) is 61.6 Å². The number of hydroxylamine groups is 2. The van der Waals surface area contributed by atoms with Crippen LogP contribution < -0.4 is 16.7 Å². The number of amides is 3. The molecule has 18 heteroatoms. The highest BCUT2D eigenvalue weighted by molar-refractivity contribution is 7.86. The van der Waals surface area contributed by atoms with Crippen LogP contribution in [-0.2, 0) is 50.7 Å². The highest BCUT2D eigenvalue weighted by Gasteiger charge is 2.42. The number of anilines is 1. The van der Waals surface area contributed by atoms with E-state index >= 15 is 0 Å². The number of carbonyl (C=O) groups excluding carboxylic acids is 4. The van der Waals surface area contributed by atoms with Crippen molar-refractivity contribution in [3.8, 4) is 0 Å². The number of nitrogens with two attached hydrogens (primary N) is 1. The van der Waals surface area contributed by atoms with Crippen LogP contribution in [0.4, 0.5) is 5.69 Å². The van der Waals surface area contributed by atoms with Crippen LogP contribution in [0.5, 0.6) is 0 Å². The summed E-state index contributed by atoms with van der Waals surface area (Å²) < 4.78 is 73.5. The second-order valence-electron chi connectivity index (χ2n) is 9.52. The smallest absolute Gasteiger partial charge is 0.339 e. The summed E-state index contributed by atoms with van der Waals surface area (Å²) in [4.78, 5) is 64.1. The number of carbonyl (C=O) groups is 4. The Labute approximate surface area is 232 Å². The van der Waals surface area contributed by atoms with Gasteiger partial charge in [-0.3, -0.25) is 23.5 Å². The van der Waals surface area contributed by atoms with Gasteiger partial charge in [0.25, 0.3) is 32.1 Å². The summed E-state index contributed by atoms with van der Waals surface area (Å²) in [5, 5.41) is 1.00. The van der Waals surface area contributed by atoms with Gasteiger partial charge >= 0.3 is 11.6 Å². The van der Waals surface area contributed by atoms with Crippen molar-refractivity contribution >= 4 is 60.6 Å². The van der Waals surface area contributed by atoms with Gasteiger partial charge in [0, 0.05) is 49.1 Å². The van der Waals surface area contributed by atoms with Gasteiger partial charge in [0.05, 0.1) is 5.69 Å². The largest absolute Gasteiger partial charge is 0.421 e. The molecular weight excluding hydrogens is 590 g/mol. The molecule has 1 aliphatic heterocycles. The summed E-state index contributed by atoms with van der Waals surface area (Å²) >= 11 is 0. The molecule has 222 valence electrons. The second kappa shape index (κ2) is 11.2. The number of nitrogens with one attached hydrogen (secondary N) is 1. The topological polar surface area (TPSA) is 258 Å². The van der Waals surface area contributed by atoms with Crippen molar-refractivity contribution in [2.45, 2.75) is 61.0 Å². The van der Waals surface area contributed by atoms with E-state index in [1.165, 1.54) is 6.07 Å². The summed E-state index contributed by atoms with van der Waals surface area (Å²) in [5.74, 6) is -4.15. The van der Waals surface area contributed by atoms with Crippen LogP contribution >= 0.6 is 0 Å². The monoisotopic (exact) mass is 615 g/mol. The quantitative estimate of drug-likeness (QED) is 0.0887. The van der Waals surface area contributed by atoms with Gasteiger partial charge in [-0.15, -0.1) is 5.06 Å². The Morgan fingerprint density at radius 1 is 1.10 bits per heavy atom. The van der Waals surface area contributed by atoms with Crippen LogP contribution in [0, 0.1) is 0 Å². The molecular formula is C23H25N3O13S2. The number of imide groups is 1. The fraction of sp³-hybridized carbons (Fsp3) is 0.435. The van der Waals surface area contributed by atoms with Crippen molar-refractivity contribution in [1.29, 1.82) is 0 Å². The average Bonchev–Trinajstić information content (AvgIpc) is 3.43. The maximum atomic E-state index is 12.7. The van der Waals surface area contributed by atoms with Crippen molar-refractivity contribution < 1.29 is 54.4 Å². The molecule has 0 spiro atoms. The number of hydrogen-bond donors (Lipinski definition) is 4. The lowest BCUT2D eigenvalue weighted by Gasteiger charge is -2.22. The second-order valence-corrected chi connectivity index (χ2v) is 12.5. The highest BCUT2D eigenvalue weighted by Crippen LogP contribution is 2.43. The lowest BCUT2D eigenvalue weighted by Crippen LogP contribution is -2.35. The van der Waals surface area contributed by atoms with Gasteiger partial charge in [0.1, 0.15) is 5.25 Å². The molecule has 5 N–H and O–H groups in total. The van der Waals surface area contributed by atoms with Crippen LogP contribution in [0.1, 0.15) is 55.6 Å². The molecule has 0 radical (unpaired) electrons. The Balaban J connectivity index is 1.50. The van der Waals surface area contributed by atoms with Gasteiger partial charge < -0.3 is 20.3 Å². The van der Waals surface area contributed by atoms with Gasteiger partial charge in [-0.1, -0.05) is 0 Å². The van der Waals surface area contributed by atoms with Gasteiger partial charge in [0.15, 0.2) is 10.5 Å². The molecule has 4 rings (SSSR count). The SMILES string of the molecule is Nc1ccc2c3c(c(=O)oc2c1S(=O)(=O)O)CCC3C(CC(=O)NCCCC(=O)ON1C(=O)CCC1=O)S(=O)(=O)O. The number of nitrogen functional groups attached to an aromatic ring is 1. The predicted molar refractivity (Wildman–Crippen MR) is 137 cm³/mol. The molecule has 1 aromatic heterocycles. The van der Waals surface area contributed by atoms with Crippen molar-refractivity contribution in [3.63, 3.8) is 0 Å². The summed E-state index contributed by atoms with van der Waals surface area (Å²) in [7, 11) is -9.88. The first-order chi connectivity index (χ1) is 19.1. The fourth-order valence-corrected chi connectivity index (χ4v) is 6.84. The molecule has 3 amide bonds. The number of fused-ring (bicyclic) bond motifs is 3. The molecule has 1 aliphatic carbocycles. The molecule has 1 saturated heterocycles. The molecule has 2 unspecified atom stereocenters. The van der Waals surface area contributed by atoms with Gasteiger partial charge in [0.2, 0.25) is 5.91 Å². The Morgan fingerprint density at radius 2 is 1.76 bits per heavy atom. The first kappa shape index (κ1) is 30.1. The van der Waals surface area contributed by atoms with Crippen LogP contribution in [0.2, 0.25) is 0 Å². The van der Waals surface area contributed by atoms with E-state index in [0.717, 1.165) is 6.07 Å². The first-order valence-corrected chi connectivity index (χ1v) is 15.2. The third-order valence-corrected chi connectivity index (χ3v) is 9.03. The zero-order chi connectivity index (χ0) is 30.3. The number of nitrogens with zero attached hydrogens (tertiary/aromatic N) is 1. The Kier molecular flexibility index (Phi) is 8.21. The summed E-state index contributed by atoms with van der Waals surface area (Å²) in [6, 6.07) is 2.40. The minimum Gasteiger partial charge on any atom is -0.421 e. The average molecular weight is 616 g/mol. The van der Waals surface area contributed by atoms with Gasteiger partial charge in [-0.2, -0.15) is 16.8 Å². The standard InChI is InChI=1S/C23H25N3O13S2/c24-14-6-5-12-20-11(3-4-13(20)23(31)38-21(12)22(14)41(35,36)37)15(40(32,33)34)10-16(27)25-9-1-2-19(30)39-26-17(28)7-8-18(26)29/h5-6,11,15H,1-4,7-10,24H2,(H,25,27)(H,32,33,34)(H,35,36,37). The molecule has 1 fully saturated rings. The maximum absolute atomic E-state index is 12.7. The van der Waals surface area contributed by atoms with Crippen LogP contribution in [0.25, 0.3) is 11.0 Å². The zero-order valence-corrected chi connectivity index (χ0v) is 22.8. The van der Waals surface area contributed by atoms with Crippen LogP contribution in [0.3, 0.4) is 0 Å². The Bertz CT molecular complexity index is 1710. The first-order valence-electron chi connectivity index (χ1n) is 12.2. The number of benzene rings is 1. The molecule has 2 heterocycles. The molecule has 16 nitrogen and oxygen atoms in total.